The third-order valence-electron chi connectivity index (χ3n) is 6.04. The first-order valence-corrected chi connectivity index (χ1v) is 12.0. The van der Waals surface area contributed by atoms with Crippen LogP contribution in [-0.4, -0.2) is 30.1 Å². The maximum atomic E-state index is 13.4. The van der Waals surface area contributed by atoms with E-state index in [0.717, 1.165) is 58.5 Å². The number of rotatable bonds is 5. The molecule has 9 heteroatoms. The molecule has 0 radical (unpaired) electrons. The maximum absolute atomic E-state index is 13.4. The second-order valence-electron chi connectivity index (χ2n) is 8.43. The Morgan fingerprint density at radius 2 is 1.94 bits per heavy atom. The quantitative estimate of drug-likeness (QED) is 0.437. The standard InChI is InChI=1S/C25H28F3N5S/c1-6-18-14-21(19-9-7-10-20(13-19)25(26,27)28)31-23-22(18)32(5)11-8-12-33(23)17(4)30-24-29-15(2)16(3)34-24/h7,9-10,13-14H,4,6,8,11-12H2,1-3,5H3,(H,29,30). The van der Waals surface area contributed by atoms with Gasteiger partial charge in [-0.15, -0.1) is 11.3 Å². The number of halogens is 3. The van der Waals surface area contributed by atoms with Gasteiger partial charge in [0.1, 0.15) is 5.82 Å². The Hall–Kier alpha value is -3.07. The zero-order valence-electron chi connectivity index (χ0n) is 19.8. The van der Waals surface area contributed by atoms with Gasteiger partial charge in [-0.3, -0.25) is 0 Å². The predicted molar refractivity (Wildman–Crippen MR) is 134 cm³/mol. The van der Waals surface area contributed by atoms with E-state index in [1.807, 2.05) is 38.8 Å². The van der Waals surface area contributed by atoms with E-state index in [0.29, 0.717) is 29.4 Å². The monoisotopic (exact) mass is 487 g/mol. The van der Waals surface area contributed by atoms with E-state index in [2.05, 4.69) is 21.8 Å². The van der Waals surface area contributed by atoms with Crippen molar-refractivity contribution in [3.05, 3.63) is 64.4 Å². The maximum Gasteiger partial charge on any atom is 0.416 e. The Morgan fingerprint density at radius 3 is 2.59 bits per heavy atom. The number of nitrogens with zero attached hydrogens (tertiary/aromatic N) is 4. The summed E-state index contributed by atoms with van der Waals surface area (Å²) in [5.41, 5.74) is 3.23. The predicted octanol–water partition coefficient (Wildman–Crippen LogP) is 6.63. The molecule has 4 rings (SSSR count). The fourth-order valence-electron chi connectivity index (χ4n) is 4.12. The molecule has 34 heavy (non-hydrogen) atoms. The number of anilines is 3. The number of thiazole rings is 1. The lowest BCUT2D eigenvalue weighted by Gasteiger charge is -2.28. The number of alkyl halides is 3. The third-order valence-corrected chi connectivity index (χ3v) is 7.03. The van der Waals surface area contributed by atoms with E-state index in [1.165, 1.54) is 6.07 Å². The van der Waals surface area contributed by atoms with Crippen molar-refractivity contribution >= 4 is 28.0 Å². The molecule has 0 aliphatic carbocycles. The molecule has 180 valence electrons. The molecule has 1 aliphatic rings. The zero-order valence-corrected chi connectivity index (χ0v) is 20.6. The van der Waals surface area contributed by atoms with Gasteiger partial charge in [-0.2, -0.15) is 13.2 Å². The smallest absolute Gasteiger partial charge is 0.371 e. The Morgan fingerprint density at radius 1 is 1.18 bits per heavy atom. The van der Waals surface area contributed by atoms with Gasteiger partial charge in [-0.25, -0.2) is 9.97 Å². The topological polar surface area (TPSA) is 44.3 Å². The van der Waals surface area contributed by atoms with Gasteiger partial charge in [-0.1, -0.05) is 25.6 Å². The number of hydrogen-bond acceptors (Lipinski definition) is 6. The molecule has 0 spiro atoms. The van der Waals surface area contributed by atoms with Crippen molar-refractivity contribution in [2.75, 3.05) is 35.3 Å². The van der Waals surface area contributed by atoms with Crippen molar-refractivity contribution in [2.45, 2.75) is 39.8 Å². The van der Waals surface area contributed by atoms with Gasteiger partial charge in [0.15, 0.2) is 10.9 Å². The highest BCUT2D eigenvalue weighted by molar-refractivity contribution is 7.15. The molecule has 5 nitrogen and oxygen atoms in total. The van der Waals surface area contributed by atoms with Gasteiger partial charge in [-0.05, 0) is 50.5 Å². The average Bonchev–Trinajstić information content (AvgIpc) is 3.00. The highest BCUT2D eigenvalue weighted by atomic mass is 32.1. The van der Waals surface area contributed by atoms with Crippen molar-refractivity contribution in [3.8, 4) is 11.3 Å². The molecule has 0 atom stereocenters. The number of aryl methyl sites for hydroxylation is 3. The molecule has 1 aliphatic heterocycles. The van der Waals surface area contributed by atoms with Gasteiger partial charge in [0.25, 0.3) is 0 Å². The largest absolute Gasteiger partial charge is 0.416 e. The molecule has 0 amide bonds. The summed E-state index contributed by atoms with van der Waals surface area (Å²) in [5, 5.41) is 4.07. The molecule has 3 aromatic rings. The van der Waals surface area contributed by atoms with E-state index < -0.39 is 11.7 Å². The van der Waals surface area contributed by atoms with Crippen molar-refractivity contribution in [1.82, 2.24) is 9.97 Å². The van der Waals surface area contributed by atoms with Crippen LogP contribution in [0.2, 0.25) is 0 Å². The summed E-state index contributed by atoms with van der Waals surface area (Å²) in [6.45, 7) is 11.8. The first-order valence-electron chi connectivity index (χ1n) is 11.2. The van der Waals surface area contributed by atoms with E-state index in [4.69, 9.17) is 4.98 Å². The molecule has 0 unspecified atom stereocenters. The summed E-state index contributed by atoms with van der Waals surface area (Å²) in [5.74, 6) is 1.33. The minimum Gasteiger partial charge on any atom is -0.371 e. The van der Waals surface area contributed by atoms with Gasteiger partial charge in [0, 0.05) is 30.6 Å². The second kappa shape index (κ2) is 9.29. The highest BCUT2D eigenvalue weighted by Crippen LogP contribution is 2.39. The number of pyridine rings is 1. The zero-order chi connectivity index (χ0) is 24.6. The van der Waals surface area contributed by atoms with E-state index >= 15 is 0 Å². The van der Waals surface area contributed by atoms with Crippen LogP contribution < -0.4 is 15.1 Å². The average molecular weight is 488 g/mol. The molecule has 1 N–H and O–H groups in total. The first-order chi connectivity index (χ1) is 16.1. The van der Waals surface area contributed by atoms with Gasteiger partial charge < -0.3 is 15.1 Å². The third kappa shape index (κ3) is 4.75. The number of hydrogen-bond donors (Lipinski definition) is 1. The molecule has 0 saturated carbocycles. The van der Waals surface area contributed by atoms with Crippen LogP contribution in [0.3, 0.4) is 0 Å². The number of aromatic nitrogens is 2. The molecule has 0 fully saturated rings. The second-order valence-corrected chi connectivity index (χ2v) is 9.63. The first kappa shape index (κ1) is 24.1. The molecule has 0 saturated heterocycles. The lowest BCUT2D eigenvalue weighted by molar-refractivity contribution is -0.137. The lowest BCUT2D eigenvalue weighted by atomic mass is 10.0. The number of benzene rings is 1. The fourth-order valence-corrected chi connectivity index (χ4v) is 4.95. The number of fused-ring (bicyclic) bond motifs is 1. The molecule has 2 aromatic heterocycles. The summed E-state index contributed by atoms with van der Waals surface area (Å²) >= 11 is 1.56. The minimum absolute atomic E-state index is 0.434. The van der Waals surface area contributed by atoms with Crippen LogP contribution in [0.1, 0.15) is 35.0 Å². The van der Waals surface area contributed by atoms with Gasteiger partial charge >= 0.3 is 6.18 Å². The summed E-state index contributed by atoms with van der Waals surface area (Å²) in [6.07, 6.45) is -2.81. The van der Waals surface area contributed by atoms with Crippen LogP contribution in [0.15, 0.2) is 42.7 Å². The molecule has 1 aromatic carbocycles. The summed E-state index contributed by atoms with van der Waals surface area (Å²) in [6, 6.07) is 7.24. The van der Waals surface area contributed by atoms with E-state index in [-0.39, 0.29) is 0 Å². The fraction of sp³-hybridized carbons (Fsp3) is 0.360. The molecule has 0 bridgehead atoms. The van der Waals surface area contributed by atoms with Crippen molar-refractivity contribution in [2.24, 2.45) is 0 Å². The summed E-state index contributed by atoms with van der Waals surface area (Å²) in [7, 11) is 2.02. The summed E-state index contributed by atoms with van der Waals surface area (Å²) < 4.78 is 40.1. The molecular formula is C25H28F3N5S. The van der Waals surface area contributed by atoms with Crippen LogP contribution in [0.25, 0.3) is 11.3 Å². The molecule has 3 heterocycles. The highest BCUT2D eigenvalue weighted by Gasteiger charge is 2.31. The van der Waals surface area contributed by atoms with E-state index in [9.17, 15) is 13.2 Å². The van der Waals surface area contributed by atoms with Gasteiger partial charge in [0.05, 0.1) is 22.6 Å². The minimum atomic E-state index is -4.41. The Balaban J connectivity index is 1.80. The lowest BCUT2D eigenvalue weighted by Crippen LogP contribution is -2.28. The Kier molecular flexibility index (Phi) is 6.58. The van der Waals surface area contributed by atoms with Crippen molar-refractivity contribution in [3.63, 3.8) is 0 Å². The Bertz CT molecular complexity index is 1200. The van der Waals surface area contributed by atoms with Crippen LogP contribution in [-0.2, 0) is 12.6 Å². The normalized spacial score (nSPS) is 14.1. The van der Waals surface area contributed by atoms with Crippen LogP contribution in [0, 0.1) is 13.8 Å². The van der Waals surface area contributed by atoms with Crippen LogP contribution in [0.4, 0.5) is 29.8 Å². The molecular weight excluding hydrogens is 459 g/mol. The van der Waals surface area contributed by atoms with Crippen molar-refractivity contribution in [1.29, 1.82) is 0 Å². The van der Waals surface area contributed by atoms with E-state index in [1.54, 1.807) is 17.4 Å². The van der Waals surface area contributed by atoms with Crippen molar-refractivity contribution < 1.29 is 13.2 Å². The Labute approximate surface area is 202 Å². The summed E-state index contributed by atoms with van der Waals surface area (Å²) in [4.78, 5) is 14.8. The number of nitrogens with one attached hydrogen (secondary N) is 1. The SMILES string of the molecule is C=C(Nc1nc(C)c(C)s1)N1CCCN(C)c2c(CC)cc(-c3cccc(C(F)(F)F)c3)nc21. The van der Waals surface area contributed by atoms with Gasteiger partial charge in [0.2, 0.25) is 0 Å². The van der Waals surface area contributed by atoms with Crippen LogP contribution in [0.5, 0.6) is 0 Å². The van der Waals surface area contributed by atoms with Crippen LogP contribution >= 0.6 is 11.3 Å².